The van der Waals surface area contributed by atoms with E-state index < -0.39 is 0 Å². The first-order valence-electron chi connectivity index (χ1n) is 9.11. The van der Waals surface area contributed by atoms with Crippen molar-refractivity contribution in [1.29, 1.82) is 0 Å². The van der Waals surface area contributed by atoms with Gasteiger partial charge in [0.2, 0.25) is 0 Å². The number of rotatable bonds is 4. The van der Waals surface area contributed by atoms with Crippen LogP contribution < -0.4 is 10.9 Å². The molecule has 2 aromatic rings. The zero-order valence-corrected chi connectivity index (χ0v) is 14.4. The van der Waals surface area contributed by atoms with Gasteiger partial charge in [-0.25, -0.2) is 4.68 Å². The standard InChI is InChI=1S/C19H24N4O2/c24-19-11-15-13-25-10-7-18(15)22-23(19)17-3-1-16(2-4-17)21-12-14-5-8-20-9-6-14/h5-6,8-9,11,16-17,21H,1-4,7,10,12-13H2. The second-order valence-corrected chi connectivity index (χ2v) is 6.94. The third kappa shape index (κ3) is 3.80. The normalized spacial score (nSPS) is 23.2. The van der Waals surface area contributed by atoms with Gasteiger partial charge in [-0.05, 0) is 43.4 Å². The molecule has 0 atom stereocenters. The Kier molecular flexibility index (Phi) is 4.90. The minimum absolute atomic E-state index is 0.0115. The fraction of sp³-hybridized carbons (Fsp3) is 0.526. The van der Waals surface area contributed by atoms with Gasteiger partial charge in [0.15, 0.2) is 0 Å². The molecule has 0 amide bonds. The van der Waals surface area contributed by atoms with E-state index in [0.717, 1.165) is 49.9 Å². The first-order valence-corrected chi connectivity index (χ1v) is 9.11. The molecule has 6 nitrogen and oxygen atoms in total. The van der Waals surface area contributed by atoms with E-state index in [0.29, 0.717) is 19.3 Å². The Balaban J connectivity index is 1.36. The van der Waals surface area contributed by atoms with E-state index in [1.54, 1.807) is 10.7 Å². The SMILES string of the molecule is O=c1cc2c(nn1C1CCC(NCc3ccncc3)CC1)CCOC2. The number of ether oxygens (including phenoxy) is 1. The van der Waals surface area contributed by atoms with Crippen LogP contribution >= 0.6 is 0 Å². The van der Waals surface area contributed by atoms with E-state index in [4.69, 9.17) is 4.74 Å². The average Bonchev–Trinajstić information content (AvgIpc) is 2.67. The number of aromatic nitrogens is 3. The van der Waals surface area contributed by atoms with Gasteiger partial charge in [-0.15, -0.1) is 0 Å². The summed E-state index contributed by atoms with van der Waals surface area (Å²) in [6.07, 6.45) is 8.60. The Morgan fingerprint density at radius 1 is 1.20 bits per heavy atom. The lowest BCUT2D eigenvalue weighted by atomic mass is 9.91. The van der Waals surface area contributed by atoms with Crippen LogP contribution in [0.4, 0.5) is 0 Å². The summed E-state index contributed by atoms with van der Waals surface area (Å²) in [6.45, 7) is 2.09. The second-order valence-electron chi connectivity index (χ2n) is 6.94. The first kappa shape index (κ1) is 16.4. The zero-order valence-electron chi connectivity index (χ0n) is 14.4. The topological polar surface area (TPSA) is 69.0 Å². The molecule has 0 saturated heterocycles. The molecule has 0 aromatic carbocycles. The van der Waals surface area contributed by atoms with Crippen molar-refractivity contribution in [2.75, 3.05) is 6.61 Å². The molecule has 2 aromatic heterocycles. The minimum atomic E-state index is 0.0115. The summed E-state index contributed by atoms with van der Waals surface area (Å²) < 4.78 is 7.14. The molecule has 0 radical (unpaired) electrons. The molecule has 1 fully saturated rings. The fourth-order valence-corrected chi connectivity index (χ4v) is 3.78. The number of nitrogens with one attached hydrogen (secondary N) is 1. The second kappa shape index (κ2) is 7.45. The molecule has 1 saturated carbocycles. The van der Waals surface area contributed by atoms with Crippen molar-refractivity contribution in [3.8, 4) is 0 Å². The lowest BCUT2D eigenvalue weighted by molar-refractivity contribution is 0.107. The van der Waals surface area contributed by atoms with Crippen LogP contribution in [0.3, 0.4) is 0 Å². The maximum absolute atomic E-state index is 12.4. The van der Waals surface area contributed by atoms with Crippen LogP contribution in [0.2, 0.25) is 0 Å². The molecule has 0 unspecified atom stereocenters. The van der Waals surface area contributed by atoms with Gasteiger partial charge >= 0.3 is 0 Å². The summed E-state index contributed by atoms with van der Waals surface area (Å²) in [5, 5.41) is 8.27. The molecule has 6 heteroatoms. The van der Waals surface area contributed by atoms with Crippen LogP contribution in [0.1, 0.15) is 48.5 Å². The van der Waals surface area contributed by atoms with Gasteiger partial charge in [-0.2, -0.15) is 5.10 Å². The highest BCUT2D eigenvalue weighted by Gasteiger charge is 2.24. The smallest absolute Gasteiger partial charge is 0.267 e. The van der Waals surface area contributed by atoms with Crippen molar-refractivity contribution >= 4 is 0 Å². The Morgan fingerprint density at radius 3 is 2.80 bits per heavy atom. The Labute approximate surface area is 147 Å². The quantitative estimate of drug-likeness (QED) is 0.922. The van der Waals surface area contributed by atoms with Gasteiger partial charge in [0, 0.05) is 43.0 Å². The van der Waals surface area contributed by atoms with Crippen LogP contribution in [0, 0.1) is 0 Å². The summed E-state index contributed by atoms with van der Waals surface area (Å²) in [4.78, 5) is 16.5. The highest BCUT2D eigenvalue weighted by Crippen LogP contribution is 2.27. The maximum Gasteiger partial charge on any atom is 0.267 e. The summed E-state index contributed by atoms with van der Waals surface area (Å²) in [5.74, 6) is 0. The fourth-order valence-electron chi connectivity index (χ4n) is 3.78. The Hall–Kier alpha value is -2.05. The van der Waals surface area contributed by atoms with Crippen molar-refractivity contribution in [1.82, 2.24) is 20.1 Å². The van der Waals surface area contributed by atoms with E-state index in [-0.39, 0.29) is 11.6 Å². The number of hydrogen-bond acceptors (Lipinski definition) is 5. The number of fused-ring (bicyclic) bond motifs is 1. The van der Waals surface area contributed by atoms with Crippen LogP contribution in [-0.4, -0.2) is 27.4 Å². The van der Waals surface area contributed by atoms with Gasteiger partial charge in [0.05, 0.1) is 24.9 Å². The van der Waals surface area contributed by atoms with E-state index >= 15 is 0 Å². The molecule has 1 aliphatic carbocycles. The summed E-state index contributed by atoms with van der Waals surface area (Å²) in [6, 6.07) is 6.53. The molecule has 0 bridgehead atoms. The largest absolute Gasteiger partial charge is 0.376 e. The highest BCUT2D eigenvalue weighted by atomic mass is 16.5. The lowest BCUT2D eigenvalue weighted by Gasteiger charge is -2.30. The van der Waals surface area contributed by atoms with Gasteiger partial charge in [-0.3, -0.25) is 9.78 Å². The van der Waals surface area contributed by atoms with Gasteiger partial charge in [-0.1, -0.05) is 0 Å². The van der Waals surface area contributed by atoms with Crippen LogP contribution in [0.5, 0.6) is 0 Å². The Bertz CT molecular complexity index is 767. The van der Waals surface area contributed by atoms with E-state index in [1.165, 1.54) is 5.56 Å². The maximum atomic E-state index is 12.4. The molecule has 3 heterocycles. The molecule has 132 valence electrons. The van der Waals surface area contributed by atoms with Gasteiger partial charge in [0.25, 0.3) is 5.56 Å². The molecule has 1 N–H and O–H groups in total. The van der Waals surface area contributed by atoms with E-state index in [2.05, 4.69) is 15.4 Å². The molecular weight excluding hydrogens is 316 g/mol. The molecular formula is C19H24N4O2. The molecule has 1 aliphatic heterocycles. The average molecular weight is 340 g/mol. The predicted molar refractivity (Wildman–Crippen MR) is 94.2 cm³/mol. The summed E-state index contributed by atoms with van der Waals surface area (Å²) in [5.41, 5.74) is 3.26. The van der Waals surface area contributed by atoms with E-state index in [1.807, 2.05) is 24.5 Å². The number of hydrogen-bond donors (Lipinski definition) is 1. The van der Waals surface area contributed by atoms with Gasteiger partial charge < -0.3 is 10.1 Å². The third-order valence-corrected chi connectivity index (χ3v) is 5.25. The van der Waals surface area contributed by atoms with Crippen LogP contribution in [0.25, 0.3) is 0 Å². The Morgan fingerprint density at radius 2 is 2.00 bits per heavy atom. The van der Waals surface area contributed by atoms with Gasteiger partial charge in [0.1, 0.15) is 0 Å². The predicted octanol–water partition coefficient (Wildman–Crippen LogP) is 1.98. The van der Waals surface area contributed by atoms with Crippen molar-refractivity contribution in [3.63, 3.8) is 0 Å². The minimum Gasteiger partial charge on any atom is -0.376 e. The lowest BCUT2D eigenvalue weighted by Crippen LogP contribution is -2.37. The summed E-state index contributed by atoms with van der Waals surface area (Å²) in [7, 11) is 0. The zero-order chi connectivity index (χ0) is 17.1. The van der Waals surface area contributed by atoms with Crippen molar-refractivity contribution in [2.24, 2.45) is 0 Å². The first-order chi connectivity index (χ1) is 12.3. The number of pyridine rings is 1. The molecule has 2 aliphatic rings. The molecule has 0 spiro atoms. The van der Waals surface area contributed by atoms with Crippen LogP contribution in [0.15, 0.2) is 35.4 Å². The third-order valence-electron chi connectivity index (χ3n) is 5.25. The monoisotopic (exact) mass is 340 g/mol. The molecule has 25 heavy (non-hydrogen) atoms. The van der Waals surface area contributed by atoms with Crippen molar-refractivity contribution < 1.29 is 4.74 Å². The van der Waals surface area contributed by atoms with E-state index in [9.17, 15) is 4.79 Å². The van der Waals surface area contributed by atoms with Crippen molar-refractivity contribution in [3.05, 3.63) is 57.8 Å². The highest BCUT2D eigenvalue weighted by molar-refractivity contribution is 5.19. The summed E-state index contributed by atoms with van der Waals surface area (Å²) >= 11 is 0. The van der Waals surface area contributed by atoms with Crippen molar-refractivity contribution in [2.45, 2.75) is 57.3 Å². The molecule has 4 rings (SSSR count). The number of nitrogens with zero attached hydrogens (tertiary/aromatic N) is 3. The van der Waals surface area contributed by atoms with Crippen LogP contribution in [-0.2, 0) is 24.3 Å².